The molecule has 0 N–H and O–H groups in total. The number of pyridine rings is 1. The van der Waals surface area contributed by atoms with Crippen molar-refractivity contribution in [3.63, 3.8) is 0 Å². The molecule has 5 nitrogen and oxygen atoms in total. The summed E-state index contributed by atoms with van der Waals surface area (Å²) < 4.78 is 6.98. The lowest BCUT2D eigenvalue weighted by atomic mass is 10.0. The zero-order chi connectivity index (χ0) is 19.3. The van der Waals surface area contributed by atoms with Crippen LogP contribution in [0.3, 0.4) is 0 Å². The molecule has 28 heavy (non-hydrogen) atoms. The van der Waals surface area contributed by atoms with Crippen LogP contribution in [-0.4, -0.2) is 27.9 Å². The van der Waals surface area contributed by atoms with Gasteiger partial charge in [-0.05, 0) is 61.3 Å². The molecular formula is C22H20BrN3O2. The van der Waals surface area contributed by atoms with E-state index in [2.05, 4.69) is 30.7 Å². The van der Waals surface area contributed by atoms with Crippen molar-refractivity contribution >= 4 is 27.5 Å². The predicted octanol–water partition coefficient (Wildman–Crippen LogP) is 4.99. The van der Waals surface area contributed by atoms with Crippen LogP contribution in [0.15, 0.2) is 41.1 Å². The average molecular weight is 438 g/mol. The zero-order valence-corrected chi connectivity index (χ0v) is 16.9. The molecule has 2 aliphatic carbocycles. The lowest BCUT2D eigenvalue weighted by Gasteiger charge is -2.25. The normalized spacial score (nSPS) is 28.1. The van der Waals surface area contributed by atoms with Gasteiger partial charge >= 0.3 is 0 Å². The average Bonchev–Trinajstić information content (AvgIpc) is 3.34. The summed E-state index contributed by atoms with van der Waals surface area (Å²) in [6.07, 6.45) is 7.91. The minimum Gasteiger partial charge on any atom is -0.490 e. The summed E-state index contributed by atoms with van der Waals surface area (Å²) in [7, 11) is 0. The second-order valence-corrected chi connectivity index (χ2v) is 8.90. The Morgan fingerprint density at radius 2 is 1.96 bits per heavy atom. The van der Waals surface area contributed by atoms with Crippen molar-refractivity contribution in [2.24, 2.45) is 11.8 Å². The summed E-state index contributed by atoms with van der Waals surface area (Å²) in [5.74, 6) is 2.20. The first-order valence-electron chi connectivity index (χ1n) is 9.70. The quantitative estimate of drug-likeness (QED) is 0.635. The number of rotatable bonds is 3. The maximum absolute atomic E-state index is 12.7. The van der Waals surface area contributed by atoms with Crippen LogP contribution in [0, 0.1) is 18.4 Å². The molecule has 2 atom stereocenters. The van der Waals surface area contributed by atoms with Crippen molar-refractivity contribution in [1.82, 2.24) is 9.88 Å². The highest BCUT2D eigenvalue weighted by Crippen LogP contribution is 2.48. The Kier molecular flexibility index (Phi) is 4.36. The maximum atomic E-state index is 12.7. The molecule has 6 heteroatoms. The van der Waals surface area contributed by atoms with Crippen molar-refractivity contribution in [3.05, 3.63) is 63.7 Å². The number of hydrogen-bond acceptors (Lipinski definition) is 3. The third kappa shape index (κ3) is 2.98. The second-order valence-electron chi connectivity index (χ2n) is 8.05. The fourth-order valence-corrected chi connectivity index (χ4v) is 5.63. The number of ether oxygens (including phenoxy) is 1. The van der Waals surface area contributed by atoms with Crippen LogP contribution in [-0.2, 0) is 6.54 Å². The second kappa shape index (κ2) is 6.89. The highest BCUT2D eigenvalue weighted by Gasteiger charge is 2.46. The number of hydrogen-bond donors (Lipinski definition) is 0. The van der Waals surface area contributed by atoms with E-state index < -0.39 is 0 Å². The van der Waals surface area contributed by atoms with E-state index in [0.29, 0.717) is 23.6 Å². The molecule has 1 aromatic carbocycles. The molecule has 0 bridgehead atoms. The van der Waals surface area contributed by atoms with Gasteiger partial charge < -0.3 is 9.64 Å². The first kappa shape index (κ1) is 17.7. The molecule has 0 spiro atoms. The fraction of sp³-hybridized carbons (Fsp3) is 0.409. The molecular weight excluding hydrogens is 418 g/mol. The molecule has 1 aromatic heterocycles. The van der Waals surface area contributed by atoms with Gasteiger partial charge in [-0.1, -0.05) is 22.0 Å². The van der Waals surface area contributed by atoms with Crippen LogP contribution >= 0.6 is 15.9 Å². The van der Waals surface area contributed by atoms with Crippen molar-refractivity contribution in [2.45, 2.75) is 44.4 Å². The largest absolute Gasteiger partial charge is 0.490 e. The van der Waals surface area contributed by atoms with E-state index in [9.17, 15) is 4.79 Å². The van der Waals surface area contributed by atoms with Crippen LogP contribution in [0.5, 0.6) is 5.75 Å². The van der Waals surface area contributed by atoms with Gasteiger partial charge in [0.25, 0.3) is 5.91 Å². The molecule has 3 aliphatic rings. The van der Waals surface area contributed by atoms with Gasteiger partial charge in [-0.3, -0.25) is 9.78 Å². The van der Waals surface area contributed by atoms with Gasteiger partial charge in [0.2, 0.25) is 5.69 Å². The Balaban J connectivity index is 1.21. The Bertz CT molecular complexity index is 972. The monoisotopic (exact) mass is 437 g/mol. The predicted molar refractivity (Wildman–Crippen MR) is 108 cm³/mol. The van der Waals surface area contributed by atoms with Crippen LogP contribution < -0.4 is 4.74 Å². The van der Waals surface area contributed by atoms with Gasteiger partial charge in [0.05, 0.1) is 18.2 Å². The van der Waals surface area contributed by atoms with E-state index in [0.717, 1.165) is 53.6 Å². The van der Waals surface area contributed by atoms with Gasteiger partial charge in [-0.15, -0.1) is 0 Å². The molecule has 142 valence electrons. The molecule has 2 aromatic rings. The Labute approximate surface area is 172 Å². The number of nitrogens with zero attached hydrogens (tertiary/aromatic N) is 3. The van der Waals surface area contributed by atoms with Gasteiger partial charge in [0.15, 0.2) is 0 Å². The van der Waals surface area contributed by atoms with Gasteiger partial charge in [-0.25, -0.2) is 4.85 Å². The van der Waals surface area contributed by atoms with Crippen molar-refractivity contribution in [1.29, 1.82) is 0 Å². The van der Waals surface area contributed by atoms with Crippen molar-refractivity contribution < 1.29 is 9.53 Å². The van der Waals surface area contributed by atoms with E-state index in [1.165, 1.54) is 0 Å². The molecule has 2 unspecified atom stereocenters. The number of amides is 1. The molecule has 5 rings (SSSR count). The maximum Gasteiger partial charge on any atom is 0.256 e. The summed E-state index contributed by atoms with van der Waals surface area (Å²) in [6, 6.07) is 7.86. The summed E-state index contributed by atoms with van der Waals surface area (Å²) in [5, 5.41) is 0. The van der Waals surface area contributed by atoms with Crippen LogP contribution in [0.25, 0.3) is 4.85 Å². The zero-order valence-electron chi connectivity index (χ0n) is 15.3. The molecule has 0 radical (unpaired) electrons. The minimum absolute atomic E-state index is 0.144. The van der Waals surface area contributed by atoms with Gasteiger partial charge in [0.1, 0.15) is 5.75 Å². The molecule has 2 saturated carbocycles. The van der Waals surface area contributed by atoms with Crippen molar-refractivity contribution in [2.75, 3.05) is 0 Å². The van der Waals surface area contributed by atoms with E-state index in [1.807, 2.05) is 18.2 Å². The number of fused-ring (bicyclic) bond motifs is 2. The number of carbonyl (C=O) groups is 1. The topological polar surface area (TPSA) is 46.8 Å². The fourth-order valence-electron chi connectivity index (χ4n) is 5.18. The molecule has 1 amide bonds. The highest BCUT2D eigenvalue weighted by atomic mass is 79.9. The standard InChI is InChI=1S/C22H20BrN3O2/c1-24-21-3-2-17(10-20(21)23)28-18-8-14-6-16(7-15(14)9-18)26-12-13-4-5-25-11-19(13)22(26)27/h2-5,10-11,14-16,18H,6-9,12H2. The molecule has 2 fully saturated rings. The van der Waals surface area contributed by atoms with E-state index in [-0.39, 0.29) is 12.0 Å². The van der Waals surface area contributed by atoms with Crippen LogP contribution in [0.2, 0.25) is 0 Å². The molecule has 1 aliphatic heterocycles. The summed E-state index contributed by atoms with van der Waals surface area (Å²) in [6.45, 7) is 7.86. The van der Waals surface area contributed by atoms with Gasteiger partial charge in [0, 0.05) is 29.5 Å². The van der Waals surface area contributed by atoms with Crippen molar-refractivity contribution in [3.8, 4) is 5.75 Å². The summed E-state index contributed by atoms with van der Waals surface area (Å²) >= 11 is 3.43. The lowest BCUT2D eigenvalue weighted by molar-refractivity contribution is 0.0693. The SMILES string of the molecule is [C-]#[N+]c1ccc(OC2CC3CC(N4Cc5ccncc5C4=O)CC3C2)cc1Br. The Morgan fingerprint density at radius 1 is 1.18 bits per heavy atom. The smallest absolute Gasteiger partial charge is 0.256 e. The first-order valence-corrected chi connectivity index (χ1v) is 10.5. The third-order valence-electron chi connectivity index (χ3n) is 6.47. The van der Waals surface area contributed by atoms with Crippen LogP contribution in [0.1, 0.15) is 41.6 Å². The minimum atomic E-state index is 0.144. The highest BCUT2D eigenvalue weighted by molar-refractivity contribution is 9.10. The van der Waals surface area contributed by atoms with E-state index >= 15 is 0 Å². The third-order valence-corrected chi connectivity index (χ3v) is 7.11. The van der Waals surface area contributed by atoms with Crippen LogP contribution in [0.4, 0.5) is 5.69 Å². The Hall–Kier alpha value is -2.39. The number of carbonyl (C=O) groups excluding carboxylic acids is 1. The number of halogens is 1. The molecule has 2 heterocycles. The van der Waals surface area contributed by atoms with E-state index in [4.69, 9.17) is 11.3 Å². The summed E-state index contributed by atoms with van der Waals surface area (Å²) in [5.41, 5.74) is 2.48. The Morgan fingerprint density at radius 3 is 2.64 bits per heavy atom. The number of benzene rings is 1. The first-order chi connectivity index (χ1) is 13.6. The number of aromatic nitrogens is 1. The van der Waals surface area contributed by atoms with E-state index in [1.54, 1.807) is 18.5 Å². The lowest BCUT2D eigenvalue weighted by Crippen LogP contribution is -2.34. The van der Waals surface area contributed by atoms with Gasteiger partial charge in [-0.2, -0.15) is 0 Å². The summed E-state index contributed by atoms with van der Waals surface area (Å²) in [4.78, 5) is 22.4. The molecule has 0 saturated heterocycles.